The van der Waals surface area contributed by atoms with Crippen molar-refractivity contribution in [3.8, 4) is 44.9 Å². The molecule has 9 aromatic carbocycles. The Morgan fingerprint density at radius 1 is 0.278 bits per heavy atom. The van der Waals surface area contributed by atoms with Crippen molar-refractivity contribution < 1.29 is 0 Å². The molecular formula is C52H34N2. The molecule has 252 valence electrons. The molecule has 0 saturated heterocycles. The van der Waals surface area contributed by atoms with Gasteiger partial charge in [0, 0.05) is 33.1 Å². The fraction of sp³-hybridized carbons (Fsp3) is 0. The van der Waals surface area contributed by atoms with Crippen molar-refractivity contribution in [2.24, 2.45) is 0 Å². The molecule has 0 aliphatic heterocycles. The molecule has 0 unspecified atom stereocenters. The predicted molar refractivity (Wildman–Crippen MR) is 229 cm³/mol. The third kappa shape index (κ3) is 4.67. The van der Waals surface area contributed by atoms with E-state index in [4.69, 9.17) is 0 Å². The van der Waals surface area contributed by atoms with Crippen LogP contribution in [-0.2, 0) is 0 Å². The van der Waals surface area contributed by atoms with E-state index in [1.807, 2.05) is 0 Å². The summed E-state index contributed by atoms with van der Waals surface area (Å²) in [5.41, 5.74) is 13.0. The number of rotatable bonds is 5. The van der Waals surface area contributed by atoms with Gasteiger partial charge in [-0.25, -0.2) is 0 Å². The Balaban J connectivity index is 1.24. The normalized spacial score (nSPS) is 11.7. The van der Waals surface area contributed by atoms with E-state index in [-0.39, 0.29) is 0 Å². The first-order chi connectivity index (χ1) is 26.8. The van der Waals surface area contributed by atoms with E-state index in [9.17, 15) is 0 Å². The molecule has 0 N–H and O–H groups in total. The van der Waals surface area contributed by atoms with E-state index < -0.39 is 0 Å². The minimum absolute atomic E-state index is 1.13. The van der Waals surface area contributed by atoms with Crippen molar-refractivity contribution in [3.05, 3.63) is 206 Å². The fourth-order valence-corrected chi connectivity index (χ4v) is 8.71. The summed E-state index contributed by atoms with van der Waals surface area (Å²) >= 11 is 0. The molecule has 0 atom stereocenters. The molecule has 0 aliphatic carbocycles. The van der Waals surface area contributed by atoms with Gasteiger partial charge < -0.3 is 9.13 Å². The zero-order valence-electron chi connectivity index (χ0n) is 29.5. The van der Waals surface area contributed by atoms with Gasteiger partial charge in [0.1, 0.15) is 0 Å². The Morgan fingerprint density at radius 3 is 1.65 bits per heavy atom. The lowest BCUT2D eigenvalue weighted by atomic mass is 9.97. The molecule has 0 spiro atoms. The van der Waals surface area contributed by atoms with Gasteiger partial charge in [0.15, 0.2) is 0 Å². The molecular weight excluding hydrogens is 653 g/mol. The van der Waals surface area contributed by atoms with E-state index >= 15 is 0 Å². The van der Waals surface area contributed by atoms with Crippen molar-refractivity contribution in [3.63, 3.8) is 0 Å². The first-order valence-electron chi connectivity index (χ1n) is 18.6. The Bertz CT molecular complexity index is 3190. The molecule has 2 nitrogen and oxygen atoms in total. The molecule has 0 saturated carbocycles. The van der Waals surface area contributed by atoms with Gasteiger partial charge in [0.25, 0.3) is 0 Å². The van der Waals surface area contributed by atoms with Crippen molar-refractivity contribution in [1.82, 2.24) is 9.13 Å². The van der Waals surface area contributed by atoms with Crippen LogP contribution >= 0.6 is 0 Å². The third-order valence-corrected chi connectivity index (χ3v) is 11.1. The van der Waals surface area contributed by atoms with Gasteiger partial charge in [-0.2, -0.15) is 0 Å². The molecule has 11 rings (SSSR count). The largest absolute Gasteiger partial charge is 0.307 e. The van der Waals surface area contributed by atoms with E-state index in [1.165, 1.54) is 87.8 Å². The van der Waals surface area contributed by atoms with Crippen molar-refractivity contribution >= 4 is 54.3 Å². The molecule has 0 radical (unpaired) electrons. The predicted octanol–water partition coefficient (Wildman–Crippen LogP) is 14.0. The molecule has 0 bridgehead atoms. The number of aromatic nitrogens is 2. The summed E-state index contributed by atoms with van der Waals surface area (Å²) in [4.78, 5) is 0. The maximum absolute atomic E-state index is 2.50. The Hall–Kier alpha value is -7.16. The van der Waals surface area contributed by atoms with Gasteiger partial charge in [-0.15, -0.1) is 0 Å². The van der Waals surface area contributed by atoms with Gasteiger partial charge >= 0.3 is 0 Å². The van der Waals surface area contributed by atoms with Crippen LogP contribution in [0.5, 0.6) is 0 Å². The summed E-state index contributed by atoms with van der Waals surface area (Å²) in [7, 11) is 0. The highest BCUT2D eigenvalue weighted by Gasteiger charge is 2.26. The van der Waals surface area contributed by atoms with Gasteiger partial charge in [-0.05, 0) is 80.2 Å². The second-order valence-corrected chi connectivity index (χ2v) is 14.1. The van der Waals surface area contributed by atoms with Gasteiger partial charge in [0.2, 0.25) is 0 Å². The summed E-state index contributed by atoms with van der Waals surface area (Å²) in [5, 5.41) is 8.77. The molecule has 11 aromatic rings. The van der Waals surface area contributed by atoms with E-state index in [0.717, 1.165) is 11.4 Å². The van der Waals surface area contributed by atoms with Crippen LogP contribution in [0.1, 0.15) is 0 Å². The Morgan fingerprint density at radius 2 is 0.833 bits per heavy atom. The molecule has 2 heterocycles. The third-order valence-electron chi connectivity index (χ3n) is 11.1. The first kappa shape index (κ1) is 30.5. The number of hydrogen-bond acceptors (Lipinski definition) is 0. The van der Waals surface area contributed by atoms with Gasteiger partial charge in [-0.1, -0.05) is 170 Å². The highest BCUT2D eigenvalue weighted by Crippen LogP contribution is 2.47. The van der Waals surface area contributed by atoms with Crippen molar-refractivity contribution in [2.45, 2.75) is 0 Å². The topological polar surface area (TPSA) is 9.86 Å². The average Bonchev–Trinajstić information content (AvgIpc) is 3.78. The molecule has 2 aromatic heterocycles. The van der Waals surface area contributed by atoms with Gasteiger partial charge in [-0.3, -0.25) is 0 Å². The van der Waals surface area contributed by atoms with Gasteiger partial charge in [0.05, 0.1) is 22.2 Å². The zero-order chi connectivity index (χ0) is 35.6. The lowest BCUT2D eigenvalue weighted by Crippen LogP contribution is -2.00. The van der Waals surface area contributed by atoms with E-state index in [0.29, 0.717) is 0 Å². The second kappa shape index (κ2) is 12.2. The summed E-state index contributed by atoms with van der Waals surface area (Å²) in [6.45, 7) is 0. The maximum Gasteiger partial charge on any atom is 0.0789 e. The lowest BCUT2D eigenvalue weighted by molar-refractivity contribution is 1.12. The zero-order valence-corrected chi connectivity index (χ0v) is 29.5. The lowest BCUT2D eigenvalue weighted by Gasteiger charge is -2.15. The molecule has 0 fully saturated rings. The van der Waals surface area contributed by atoms with Crippen molar-refractivity contribution in [2.75, 3.05) is 0 Å². The number of para-hydroxylation sites is 2. The van der Waals surface area contributed by atoms with Crippen LogP contribution in [0, 0.1) is 0 Å². The molecule has 0 amide bonds. The van der Waals surface area contributed by atoms with Crippen LogP contribution < -0.4 is 0 Å². The van der Waals surface area contributed by atoms with Crippen LogP contribution in [0.4, 0.5) is 0 Å². The monoisotopic (exact) mass is 686 g/mol. The summed E-state index contributed by atoms with van der Waals surface area (Å²) in [5.74, 6) is 0. The van der Waals surface area contributed by atoms with Crippen molar-refractivity contribution in [1.29, 1.82) is 0 Å². The van der Waals surface area contributed by atoms with Crippen LogP contribution in [0.25, 0.3) is 99.1 Å². The first-order valence-corrected chi connectivity index (χ1v) is 18.6. The fourth-order valence-electron chi connectivity index (χ4n) is 8.71. The highest BCUT2D eigenvalue weighted by molar-refractivity contribution is 6.22. The highest BCUT2D eigenvalue weighted by atomic mass is 15.1. The van der Waals surface area contributed by atoms with Crippen LogP contribution in [0.3, 0.4) is 0 Å². The summed E-state index contributed by atoms with van der Waals surface area (Å²) < 4.78 is 5.00. The minimum atomic E-state index is 1.13. The van der Waals surface area contributed by atoms with Crippen LogP contribution in [0.2, 0.25) is 0 Å². The Kier molecular flexibility index (Phi) is 6.90. The van der Waals surface area contributed by atoms with Crippen LogP contribution in [-0.4, -0.2) is 9.13 Å². The summed E-state index contributed by atoms with van der Waals surface area (Å²) in [6.07, 6.45) is 0. The molecule has 0 aliphatic rings. The average molecular weight is 687 g/mol. The van der Waals surface area contributed by atoms with E-state index in [1.54, 1.807) is 0 Å². The number of fused-ring (bicyclic) bond motifs is 8. The Labute approximate surface area is 313 Å². The standard InChI is InChI=1S/C52H34N2/c1-4-16-36(17-5-1)49-47-32-31-46-45-25-12-13-26-48(45)53(51(46)52(47)54(41-21-8-3-9-22-41)50(49)37-18-6-2-7-19-37)42-23-14-20-38(34-42)39-29-30-44-40(33-39)28-27-35-15-10-11-24-43(35)44/h1-34H. The SMILES string of the molecule is c1ccc(-c2c(-c3ccccc3)n(-c3ccccc3)c3c2ccc2c4ccccc4n(-c4cccc(-c5ccc6c(ccc7ccccc76)c5)c4)c23)cc1. The number of benzene rings is 9. The smallest absolute Gasteiger partial charge is 0.0789 e. The quantitative estimate of drug-likeness (QED) is 0.160. The summed E-state index contributed by atoms with van der Waals surface area (Å²) in [6, 6.07) is 75.2. The number of nitrogens with zero attached hydrogens (tertiary/aromatic N) is 2. The minimum Gasteiger partial charge on any atom is -0.307 e. The maximum atomic E-state index is 2.50. The second-order valence-electron chi connectivity index (χ2n) is 14.1. The molecule has 2 heteroatoms. The van der Waals surface area contributed by atoms with Crippen LogP contribution in [0.15, 0.2) is 206 Å². The number of hydrogen-bond donors (Lipinski definition) is 0. The molecule has 54 heavy (non-hydrogen) atoms. The van der Waals surface area contributed by atoms with E-state index in [2.05, 4.69) is 215 Å².